The second kappa shape index (κ2) is 8.93. The van der Waals surface area contributed by atoms with Gasteiger partial charge in [0.1, 0.15) is 0 Å². The van der Waals surface area contributed by atoms with Crippen LogP contribution in [0.1, 0.15) is 60.8 Å². The minimum Gasteiger partial charge on any atom is -0.328 e. The van der Waals surface area contributed by atoms with Gasteiger partial charge >= 0.3 is 0 Å². The van der Waals surface area contributed by atoms with Crippen molar-refractivity contribution >= 4 is 0 Å². The Morgan fingerprint density at radius 1 is 0.824 bits per heavy atom. The van der Waals surface area contributed by atoms with Gasteiger partial charge in [-0.25, -0.2) is 0 Å². The summed E-state index contributed by atoms with van der Waals surface area (Å²) in [5.41, 5.74) is 5.92. The van der Waals surface area contributed by atoms with Gasteiger partial charge in [0.2, 0.25) is 0 Å². The van der Waals surface area contributed by atoms with Crippen LogP contribution in [-0.4, -0.2) is 30.1 Å². The van der Waals surface area contributed by atoms with Crippen molar-refractivity contribution in [3.05, 3.63) is 0 Å². The molecule has 0 aromatic rings. The Kier molecular flexibility index (Phi) is 8.89. The summed E-state index contributed by atoms with van der Waals surface area (Å²) in [6, 6.07) is 0.929. The van der Waals surface area contributed by atoms with Crippen molar-refractivity contribution in [2.24, 2.45) is 17.6 Å². The van der Waals surface area contributed by atoms with Crippen molar-refractivity contribution in [3.63, 3.8) is 0 Å². The number of nitrogens with zero attached hydrogens (tertiary/aromatic N) is 1. The molecular weight excluding hydrogens is 208 g/mol. The van der Waals surface area contributed by atoms with E-state index >= 15 is 0 Å². The fourth-order valence-electron chi connectivity index (χ4n) is 2.09. The first-order valence-electron chi connectivity index (χ1n) is 7.32. The monoisotopic (exact) mass is 242 g/mol. The summed E-state index contributed by atoms with van der Waals surface area (Å²) in [4.78, 5) is 2.63. The highest BCUT2D eigenvalue weighted by Gasteiger charge is 2.15. The molecule has 0 saturated heterocycles. The molecule has 0 aliphatic carbocycles. The lowest BCUT2D eigenvalue weighted by atomic mass is 10.0. The van der Waals surface area contributed by atoms with Crippen molar-refractivity contribution < 1.29 is 0 Å². The molecule has 2 unspecified atom stereocenters. The summed E-state index contributed by atoms with van der Waals surface area (Å²) in [6.07, 6.45) is 3.69. The van der Waals surface area contributed by atoms with Gasteiger partial charge in [0.15, 0.2) is 0 Å². The Bertz CT molecular complexity index is 164. The fourth-order valence-corrected chi connectivity index (χ4v) is 2.09. The second-order valence-corrected chi connectivity index (χ2v) is 6.46. The molecular formula is C15H34N2. The van der Waals surface area contributed by atoms with E-state index in [-0.39, 0.29) is 0 Å². The maximum atomic E-state index is 5.92. The molecule has 0 bridgehead atoms. The highest BCUT2D eigenvalue weighted by molar-refractivity contribution is 4.72. The van der Waals surface area contributed by atoms with Crippen LogP contribution in [0.2, 0.25) is 0 Å². The van der Waals surface area contributed by atoms with E-state index in [1.54, 1.807) is 0 Å². The van der Waals surface area contributed by atoms with Gasteiger partial charge in [0.25, 0.3) is 0 Å². The van der Waals surface area contributed by atoms with Crippen molar-refractivity contribution in [3.8, 4) is 0 Å². The molecule has 0 aliphatic rings. The predicted molar refractivity (Wildman–Crippen MR) is 78.2 cm³/mol. The van der Waals surface area contributed by atoms with Gasteiger partial charge in [0, 0.05) is 12.1 Å². The van der Waals surface area contributed by atoms with E-state index in [0.717, 1.165) is 18.3 Å². The third-order valence-corrected chi connectivity index (χ3v) is 3.32. The quantitative estimate of drug-likeness (QED) is 0.670. The largest absolute Gasteiger partial charge is 0.328 e. The van der Waals surface area contributed by atoms with E-state index in [1.807, 2.05) is 0 Å². The predicted octanol–water partition coefficient (Wildman–Crippen LogP) is 3.51. The van der Waals surface area contributed by atoms with E-state index in [0.29, 0.717) is 12.1 Å². The molecule has 0 rings (SSSR count). The maximum Gasteiger partial charge on any atom is 0.00815 e. The smallest absolute Gasteiger partial charge is 0.00815 e. The van der Waals surface area contributed by atoms with Gasteiger partial charge in [-0.15, -0.1) is 0 Å². The van der Waals surface area contributed by atoms with Crippen molar-refractivity contribution in [1.82, 2.24) is 4.90 Å². The summed E-state index contributed by atoms with van der Waals surface area (Å²) in [5, 5.41) is 0. The lowest BCUT2D eigenvalue weighted by molar-refractivity contribution is 0.175. The zero-order chi connectivity index (χ0) is 13.4. The van der Waals surface area contributed by atoms with E-state index in [2.05, 4.69) is 46.4 Å². The number of nitrogens with two attached hydrogens (primary N) is 1. The molecule has 0 heterocycles. The van der Waals surface area contributed by atoms with E-state index < -0.39 is 0 Å². The van der Waals surface area contributed by atoms with Crippen molar-refractivity contribution in [2.45, 2.75) is 72.9 Å². The van der Waals surface area contributed by atoms with Crippen LogP contribution in [0.4, 0.5) is 0 Å². The molecule has 0 saturated carbocycles. The van der Waals surface area contributed by atoms with E-state index in [4.69, 9.17) is 5.73 Å². The number of hydrogen-bond acceptors (Lipinski definition) is 2. The van der Waals surface area contributed by atoms with Gasteiger partial charge in [-0.05, 0) is 58.0 Å². The molecule has 0 radical (unpaired) electrons. The van der Waals surface area contributed by atoms with Crippen LogP contribution in [0, 0.1) is 11.8 Å². The molecule has 2 heteroatoms. The van der Waals surface area contributed by atoms with Gasteiger partial charge in [-0.2, -0.15) is 0 Å². The van der Waals surface area contributed by atoms with Crippen molar-refractivity contribution in [1.29, 1.82) is 0 Å². The third-order valence-electron chi connectivity index (χ3n) is 3.32. The molecule has 0 amide bonds. The number of hydrogen-bond donors (Lipinski definition) is 1. The Balaban J connectivity index is 4.17. The lowest BCUT2D eigenvalue weighted by Crippen LogP contribution is -2.39. The van der Waals surface area contributed by atoms with Gasteiger partial charge in [-0.1, -0.05) is 27.7 Å². The molecule has 0 aromatic carbocycles. The van der Waals surface area contributed by atoms with Crippen LogP contribution in [0.5, 0.6) is 0 Å². The Labute approximate surface area is 109 Å². The van der Waals surface area contributed by atoms with E-state index in [9.17, 15) is 0 Å². The van der Waals surface area contributed by atoms with E-state index in [1.165, 1.54) is 25.9 Å². The minimum atomic E-state index is 0.311. The molecule has 0 aromatic heterocycles. The molecule has 0 spiro atoms. The first-order chi connectivity index (χ1) is 7.82. The van der Waals surface area contributed by atoms with Crippen molar-refractivity contribution in [2.75, 3.05) is 13.1 Å². The highest BCUT2D eigenvalue weighted by Crippen LogP contribution is 2.12. The summed E-state index contributed by atoms with van der Waals surface area (Å²) >= 11 is 0. The topological polar surface area (TPSA) is 29.3 Å². The Hall–Kier alpha value is -0.0800. The summed E-state index contributed by atoms with van der Waals surface area (Å²) < 4.78 is 0. The van der Waals surface area contributed by atoms with Crippen LogP contribution < -0.4 is 5.73 Å². The zero-order valence-electron chi connectivity index (χ0n) is 12.9. The van der Waals surface area contributed by atoms with Crippen LogP contribution in [0.3, 0.4) is 0 Å². The van der Waals surface area contributed by atoms with Crippen LogP contribution in [0.25, 0.3) is 0 Å². The first kappa shape index (κ1) is 16.9. The molecule has 2 atom stereocenters. The molecule has 0 fully saturated rings. The standard InChI is InChI=1S/C15H34N2/c1-12(2)7-9-17(10-8-13(3)4)15(6)11-14(5)16/h12-15H,7-11,16H2,1-6H3. The third kappa shape index (κ3) is 9.61. The summed E-state index contributed by atoms with van der Waals surface area (Å²) in [7, 11) is 0. The van der Waals surface area contributed by atoms with Gasteiger partial charge in [-0.3, -0.25) is 0 Å². The molecule has 104 valence electrons. The molecule has 2 nitrogen and oxygen atoms in total. The second-order valence-electron chi connectivity index (χ2n) is 6.46. The molecule has 0 aliphatic heterocycles. The van der Waals surface area contributed by atoms with Gasteiger partial charge in [0.05, 0.1) is 0 Å². The number of rotatable bonds is 9. The first-order valence-corrected chi connectivity index (χ1v) is 7.32. The normalized spacial score (nSPS) is 15.9. The lowest BCUT2D eigenvalue weighted by Gasteiger charge is -2.31. The Morgan fingerprint density at radius 2 is 1.24 bits per heavy atom. The van der Waals surface area contributed by atoms with Crippen LogP contribution in [0.15, 0.2) is 0 Å². The molecule has 2 N–H and O–H groups in total. The summed E-state index contributed by atoms with van der Waals surface area (Å²) in [5.74, 6) is 1.58. The fraction of sp³-hybridized carbons (Fsp3) is 1.00. The average molecular weight is 242 g/mol. The van der Waals surface area contributed by atoms with Crippen LogP contribution >= 0.6 is 0 Å². The van der Waals surface area contributed by atoms with Gasteiger partial charge < -0.3 is 10.6 Å². The minimum absolute atomic E-state index is 0.311. The SMILES string of the molecule is CC(C)CCN(CCC(C)C)C(C)CC(C)N. The van der Waals surface area contributed by atoms with Crippen LogP contribution in [-0.2, 0) is 0 Å². The maximum absolute atomic E-state index is 5.92. The molecule has 17 heavy (non-hydrogen) atoms. The zero-order valence-corrected chi connectivity index (χ0v) is 12.9. The highest BCUT2D eigenvalue weighted by atomic mass is 15.1. The summed E-state index contributed by atoms with van der Waals surface area (Å²) in [6.45, 7) is 16.1. The average Bonchev–Trinajstić information content (AvgIpc) is 2.15. The Morgan fingerprint density at radius 3 is 1.53 bits per heavy atom.